The molecular formula is C15H17ClFNS. The second-order valence-electron chi connectivity index (χ2n) is 4.86. The number of nitrogens with one attached hydrogen (secondary N) is 1. The lowest BCUT2D eigenvalue weighted by molar-refractivity contribution is 0.411. The van der Waals surface area contributed by atoms with Crippen LogP contribution in [0.1, 0.15) is 30.3 Å². The van der Waals surface area contributed by atoms with Crippen LogP contribution in [0.4, 0.5) is 4.39 Å². The van der Waals surface area contributed by atoms with Crippen molar-refractivity contribution in [3.05, 3.63) is 57.0 Å². The van der Waals surface area contributed by atoms with Crippen molar-refractivity contribution in [3.63, 3.8) is 0 Å². The molecule has 0 amide bonds. The van der Waals surface area contributed by atoms with Gasteiger partial charge in [0.1, 0.15) is 5.82 Å². The normalized spacial score (nSPS) is 12.9. The third-order valence-electron chi connectivity index (χ3n) is 3.02. The molecule has 102 valence electrons. The Labute approximate surface area is 122 Å². The summed E-state index contributed by atoms with van der Waals surface area (Å²) in [7, 11) is 0. The van der Waals surface area contributed by atoms with Gasteiger partial charge in [-0.05, 0) is 35.7 Å². The predicted octanol–water partition coefficient (Wildman–Crippen LogP) is 5.03. The maximum atomic E-state index is 13.0. The van der Waals surface area contributed by atoms with E-state index in [0.717, 1.165) is 16.4 Å². The Morgan fingerprint density at radius 2 is 1.84 bits per heavy atom. The minimum atomic E-state index is -0.198. The fraction of sp³-hybridized carbons (Fsp3) is 0.333. The molecule has 0 aliphatic heterocycles. The summed E-state index contributed by atoms with van der Waals surface area (Å²) >= 11 is 7.50. The second kappa shape index (κ2) is 6.51. The molecule has 0 aliphatic rings. The average Bonchev–Trinajstić information content (AvgIpc) is 2.77. The van der Waals surface area contributed by atoms with Crippen molar-refractivity contribution < 1.29 is 4.39 Å². The van der Waals surface area contributed by atoms with Gasteiger partial charge in [0, 0.05) is 17.5 Å². The molecule has 4 heteroatoms. The molecule has 0 aliphatic carbocycles. The van der Waals surface area contributed by atoms with Gasteiger partial charge >= 0.3 is 0 Å². The number of hydrogen-bond acceptors (Lipinski definition) is 2. The van der Waals surface area contributed by atoms with Crippen LogP contribution < -0.4 is 5.32 Å². The van der Waals surface area contributed by atoms with E-state index in [-0.39, 0.29) is 11.9 Å². The Hall–Kier alpha value is -0.900. The van der Waals surface area contributed by atoms with Gasteiger partial charge in [0.05, 0.1) is 4.34 Å². The first-order chi connectivity index (χ1) is 9.06. The molecule has 1 heterocycles. The molecule has 0 saturated heterocycles. The molecule has 1 nitrogen and oxygen atoms in total. The van der Waals surface area contributed by atoms with E-state index in [4.69, 9.17) is 11.6 Å². The monoisotopic (exact) mass is 297 g/mol. The first-order valence-corrected chi connectivity index (χ1v) is 7.49. The molecule has 19 heavy (non-hydrogen) atoms. The van der Waals surface area contributed by atoms with E-state index < -0.39 is 0 Å². The van der Waals surface area contributed by atoms with Gasteiger partial charge in [-0.2, -0.15) is 0 Å². The van der Waals surface area contributed by atoms with Crippen molar-refractivity contribution in [2.75, 3.05) is 0 Å². The molecule has 0 saturated carbocycles. The molecule has 1 atom stereocenters. The molecular weight excluding hydrogens is 281 g/mol. The Balaban J connectivity index is 2.06. The second-order valence-corrected chi connectivity index (χ2v) is 6.66. The van der Waals surface area contributed by atoms with Crippen LogP contribution in [0.25, 0.3) is 0 Å². The van der Waals surface area contributed by atoms with E-state index in [0.29, 0.717) is 5.92 Å². The van der Waals surface area contributed by atoms with Gasteiger partial charge in [0.2, 0.25) is 0 Å². The van der Waals surface area contributed by atoms with Gasteiger partial charge in [-0.25, -0.2) is 4.39 Å². The van der Waals surface area contributed by atoms with Gasteiger partial charge in [0.25, 0.3) is 0 Å². The minimum absolute atomic E-state index is 0.198. The third kappa shape index (κ3) is 4.03. The standard InChI is InChI=1S/C15H17ClFNS/c1-10(2)15(11-3-5-12(17)6-4-11)18-9-13-7-8-14(16)19-13/h3-8,10,15,18H,9H2,1-2H3. The summed E-state index contributed by atoms with van der Waals surface area (Å²) in [6.45, 7) is 5.09. The summed E-state index contributed by atoms with van der Waals surface area (Å²) < 4.78 is 13.8. The van der Waals surface area contributed by atoms with Crippen molar-refractivity contribution in [3.8, 4) is 0 Å². The smallest absolute Gasteiger partial charge is 0.123 e. The third-order valence-corrected chi connectivity index (χ3v) is 4.25. The zero-order valence-electron chi connectivity index (χ0n) is 11.0. The molecule has 2 rings (SSSR count). The van der Waals surface area contributed by atoms with Crippen LogP contribution in [-0.4, -0.2) is 0 Å². The van der Waals surface area contributed by atoms with E-state index in [1.54, 1.807) is 11.3 Å². The summed E-state index contributed by atoms with van der Waals surface area (Å²) in [5.41, 5.74) is 1.11. The van der Waals surface area contributed by atoms with Crippen molar-refractivity contribution in [2.45, 2.75) is 26.4 Å². The van der Waals surface area contributed by atoms with E-state index >= 15 is 0 Å². The highest BCUT2D eigenvalue weighted by molar-refractivity contribution is 7.16. The summed E-state index contributed by atoms with van der Waals surface area (Å²) in [5, 5.41) is 3.51. The zero-order valence-corrected chi connectivity index (χ0v) is 12.6. The Morgan fingerprint density at radius 3 is 2.37 bits per heavy atom. The zero-order chi connectivity index (χ0) is 13.8. The highest BCUT2D eigenvalue weighted by atomic mass is 35.5. The lowest BCUT2D eigenvalue weighted by Gasteiger charge is -2.22. The first kappa shape index (κ1) is 14.5. The van der Waals surface area contributed by atoms with Crippen LogP contribution in [0.2, 0.25) is 4.34 Å². The fourth-order valence-electron chi connectivity index (χ4n) is 2.07. The number of rotatable bonds is 5. The SMILES string of the molecule is CC(C)C(NCc1ccc(Cl)s1)c1ccc(F)cc1. The van der Waals surface area contributed by atoms with Gasteiger partial charge in [0.15, 0.2) is 0 Å². The van der Waals surface area contributed by atoms with Gasteiger partial charge in [-0.15, -0.1) is 11.3 Å². The topological polar surface area (TPSA) is 12.0 Å². The maximum Gasteiger partial charge on any atom is 0.123 e. The number of halogens is 2. The van der Waals surface area contributed by atoms with Crippen LogP contribution in [0, 0.1) is 11.7 Å². The van der Waals surface area contributed by atoms with Crippen LogP contribution >= 0.6 is 22.9 Å². The van der Waals surface area contributed by atoms with Gasteiger partial charge in [-0.3, -0.25) is 0 Å². The Kier molecular flexibility index (Phi) is 4.97. The molecule has 0 bridgehead atoms. The van der Waals surface area contributed by atoms with Crippen molar-refractivity contribution in [1.82, 2.24) is 5.32 Å². The van der Waals surface area contributed by atoms with Gasteiger partial charge in [-0.1, -0.05) is 37.6 Å². The molecule has 1 aromatic carbocycles. The highest BCUT2D eigenvalue weighted by Crippen LogP contribution is 2.25. The van der Waals surface area contributed by atoms with E-state index in [1.807, 2.05) is 24.3 Å². The van der Waals surface area contributed by atoms with E-state index in [1.165, 1.54) is 17.0 Å². The summed E-state index contributed by atoms with van der Waals surface area (Å²) in [6, 6.07) is 10.8. The largest absolute Gasteiger partial charge is 0.305 e. The molecule has 1 aromatic heterocycles. The molecule has 2 aromatic rings. The number of benzene rings is 1. The van der Waals surface area contributed by atoms with Crippen molar-refractivity contribution in [2.24, 2.45) is 5.92 Å². The summed E-state index contributed by atoms with van der Waals surface area (Å²) in [4.78, 5) is 1.21. The summed E-state index contributed by atoms with van der Waals surface area (Å²) in [5.74, 6) is 0.234. The maximum absolute atomic E-state index is 13.0. The molecule has 0 spiro atoms. The Bertz CT molecular complexity index is 521. The van der Waals surface area contributed by atoms with Crippen molar-refractivity contribution >= 4 is 22.9 Å². The lowest BCUT2D eigenvalue weighted by atomic mass is 9.96. The molecule has 0 radical (unpaired) electrons. The Morgan fingerprint density at radius 1 is 1.16 bits per heavy atom. The minimum Gasteiger partial charge on any atom is -0.305 e. The fourth-order valence-corrected chi connectivity index (χ4v) is 3.10. The van der Waals surface area contributed by atoms with Gasteiger partial charge < -0.3 is 5.32 Å². The van der Waals surface area contributed by atoms with E-state index in [9.17, 15) is 4.39 Å². The van der Waals surface area contributed by atoms with Crippen LogP contribution in [0.15, 0.2) is 36.4 Å². The molecule has 0 fully saturated rings. The quantitative estimate of drug-likeness (QED) is 0.816. The molecule has 1 N–H and O–H groups in total. The van der Waals surface area contributed by atoms with Crippen LogP contribution in [0.5, 0.6) is 0 Å². The number of thiophene rings is 1. The van der Waals surface area contributed by atoms with Crippen molar-refractivity contribution in [1.29, 1.82) is 0 Å². The lowest BCUT2D eigenvalue weighted by Crippen LogP contribution is -2.25. The van der Waals surface area contributed by atoms with E-state index in [2.05, 4.69) is 19.2 Å². The predicted molar refractivity (Wildman–Crippen MR) is 80.1 cm³/mol. The van der Waals surface area contributed by atoms with Crippen LogP contribution in [-0.2, 0) is 6.54 Å². The average molecular weight is 298 g/mol. The molecule has 1 unspecified atom stereocenters. The first-order valence-electron chi connectivity index (χ1n) is 6.29. The summed E-state index contributed by atoms with van der Waals surface area (Å²) in [6.07, 6.45) is 0. The van der Waals surface area contributed by atoms with Crippen LogP contribution in [0.3, 0.4) is 0 Å². The highest BCUT2D eigenvalue weighted by Gasteiger charge is 2.15. The number of hydrogen-bond donors (Lipinski definition) is 1.